The van der Waals surface area contributed by atoms with Crippen LogP contribution in [-0.2, 0) is 0 Å². The molecular weight excluding hydrogens is 387 g/mol. The number of carbonyl (C=O) groups excluding carboxylic acids is 2. The predicted molar refractivity (Wildman–Crippen MR) is 98.1 cm³/mol. The number of fused-ring (bicyclic) bond motifs is 1. The highest BCUT2D eigenvalue weighted by Gasteiger charge is 2.35. The summed E-state index contributed by atoms with van der Waals surface area (Å²) < 4.78 is 18.9. The highest BCUT2D eigenvalue weighted by molar-refractivity contribution is 6.28. The quantitative estimate of drug-likeness (QED) is 0.381. The largest absolute Gasteiger partial charge is 0.436 e. The molecular formula is C19H10ClFN4O3. The van der Waals surface area contributed by atoms with Crippen molar-refractivity contribution in [2.45, 2.75) is 0 Å². The summed E-state index contributed by atoms with van der Waals surface area (Å²) in [6, 6.07) is 12.9. The van der Waals surface area contributed by atoms with Crippen LogP contribution in [0.4, 0.5) is 4.39 Å². The number of halogens is 2. The Hall–Kier alpha value is -3.65. The van der Waals surface area contributed by atoms with Gasteiger partial charge in [0.2, 0.25) is 11.1 Å². The Morgan fingerprint density at radius 2 is 1.68 bits per heavy atom. The van der Waals surface area contributed by atoms with Crippen molar-refractivity contribution in [1.29, 1.82) is 0 Å². The lowest BCUT2D eigenvalue weighted by Gasteiger charge is -2.07. The lowest BCUT2D eigenvalue weighted by molar-refractivity contribution is 0.0660. The Bertz CT molecular complexity index is 1080. The van der Waals surface area contributed by atoms with E-state index in [1.54, 1.807) is 48.5 Å². The SMILES string of the molecule is O=C1c2ccccc2C(=O)N1/N=C\c1ccc(Oc2nc(Cl)ncc2F)cc1. The molecule has 0 aliphatic carbocycles. The van der Waals surface area contributed by atoms with Crippen molar-refractivity contribution >= 4 is 29.6 Å². The van der Waals surface area contributed by atoms with E-state index in [1.807, 2.05) is 0 Å². The van der Waals surface area contributed by atoms with E-state index in [4.69, 9.17) is 16.3 Å². The number of hydrazone groups is 1. The van der Waals surface area contributed by atoms with Gasteiger partial charge in [0.25, 0.3) is 17.7 Å². The highest BCUT2D eigenvalue weighted by Crippen LogP contribution is 2.24. The molecule has 1 aromatic heterocycles. The van der Waals surface area contributed by atoms with Gasteiger partial charge in [0, 0.05) is 0 Å². The number of amides is 2. The van der Waals surface area contributed by atoms with Crippen molar-refractivity contribution in [3.05, 3.63) is 82.5 Å². The van der Waals surface area contributed by atoms with E-state index in [9.17, 15) is 14.0 Å². The summed E-state index contributed by atoms with van der Waals surface area (Å²) in [4.78, 5) is 31.7. The van der Waals surface area contributed by atoms with Crippen molar-refractivity contribution in [3.63, 3.8) is 0 Å². The van der Waals surface area contributed by atoms with Crippen LogP contribution in [-0.4, -0.2) is 33.0 Å². The van der Waals surface area contributed by atoms with Gasteiger partial charge in [0.15, 0.2) is 0 Å². The van der Waals surface area contributed by atoms with Gasteiger partial charge in [-0.05, 0) is 53.6 Å². The third kappa shape index (κ3) is 3.33. The monoisotopic (exact) mass is 396 g/mol. The summed E-state index contributed by atoms with van der Waals surface area (Å²) in [5.41, 5.74) is 1.24. The second-order valence-corrected chi connectivity index (χ2v) is 6.01. The summed E-state index contributed by atoms with van der Waals surface area (Å²) in [6.45, 7) is 0. The molecule has 0 atom stereocenters. The van der Waals surface area contributed by atoms with Crippen LogP contribution in [0.3, 0.4) is 0 Å². The van der Waals surface area contributed by atoms with Gasteiger partial charge in [-0.1, -0.05) is 12.1 Å². The zero-order valence-corrected chi connectivity index (χ0v) is 14.8. The maximum atomic E-state index is 13.6. The van der Waals surface area contributed by atoms with Gasteiger partial charge in [0.05, 0.1) is 23.5 Å². The van der Waals surface area contributed by atoms with Gasteiger partial charge in [-0.3, -0.25) is 9.59 Å². The molecule has 2 aromatic carbocycles. The van der Waals surface area contributed by atoms with Gasteiger partial charge in [0.1, 0.15) is 5.75 Å². The van der Waals surface area contributed by atoms with Crippen LogP contribution in [0, 0.1) is 5.82 Å². The number of nitrogens with zero attached hydrogens (tertiary/aromatic N) is 4. The molecule has 138 valence electrons. The minimum Gasteiger partial charge on any atom is -0.436 e. The van der Waals surface area contributed by atoms with E-state index in [0.29, 0.717) is 22.4 Å². The normalized spacial score (nSPS) is 13.3. The third-order valence-electron chi connectivity index (χ3n) is 3.87. The lowest BCUT2D eigenvalue weighted by Crippen LogP contribution is -2.23. The molecule has 4 rings (SSSR count). The fraction of sp³-hybridized carbons (Fsp3) is 0. The fourth-order valence-corrected chi connectivity index (χ4v) is 2.67. The molecule has 0 bridgehead atoms. The van der Waals surface area contributed by atoms with Gasteiger partial charge >= 0.3 is 0 Å². The molecule has 0 spiro atoms. The fourth-order valence-electron chi connectivity index (χ4n) is 2.54. The van der Waals surface area contributed by atoms with E-state index < -0.39 is 17.6 Å². The van der Waals surface area contributed by atoms with E-state index in [1.165, 1.54) is 6.21 Å². The maximum absolute atomic E-state index is 13.6. The van der Waals surface area contributed by atoms with E-state index in [0.717, 1.165) is 11.2 Å². The molecule has 0 saturated carbocycles. The van der Waals surface area contributed by atoms with Gasteiger partial charge in [-0.25, -0.2) is 4.98 Å². The number of ether oxygens (including phenoxy) is 1. The summed E-state index contributed by atoms with van der Waals surface area (Å²) in [7, 11) is 0. The number of carbonyl (C=O) groups is 2. The lowest BCUT2D eigenvalue weighted by atomic mass is 10.1. The molecule has 0 unspecified atom stereocenters. The molecule has 0 radical (unpaired) electrons. The van der Waals surface area contributed by atoms with Crippen LogP contribution in [0.2, 0.25) is 5.28 Å². The predicted octanol–water partition coefficient (Wildman–Crippen LogP) is 3.69. The Morgan fingerprint density at radius 3 is 2.32 bits per heavy atom. The second-order valence-electron chi connectivity index (χ2n) is 5.68. The van der Waals surface area contributed by atoms with E-state index in [-0.39, 0.29) is 11.2 Å². The number of hydrogen-bond acceptors (Lipinski definition) is 6. The Morgan fingerprint density at radius 1 is 1.04 bits per heavy atom. The number of imide groups is 1. The first-order valence-electron chi connectivity index (χ1n) is 8.00. The molecule has 2 amide bonds. The zero-order valence-electron chi connectivity index (χ0n) is 14.0. The number of aromatic nitrogens is 2. The Labute approximate surface area is 163 Å². The molecule has 0 saturated heterocycles. The summed E-state index contributed by atoms with van der Waals surface area (Å²) >= 11 is 5.62. The first-order chi connectivity index (χ1) is 13.5. The minimum atomic E-state index is -0.749. The Kier molecular flexibility index (Phi) is 4.54. The molecule has 1 aliphatic heterocycles. The van der Waals surface area contributed by atoms with Crippen molar-refractivity contribution in [2.75, 3.05) is 0 Å². The number of benzene rings is 2. The minimum absolute atomic E-state index is 0.138. The third-order valence-corrected chi connectivity index (χ3v) is 4.05. The zero-order chi connectivity index (χ0) is 19.7. The average molecular weight is 397 g/mol. The molecule has 0 fully saturated rings. The highest BCUT2D eigenvalue weighted by atomic mass is 35.5. The summed E-state index contributed by atoms with van der Waals surface area (Å²) in [5.74, 6) is -1.69. The number of rotatable bonds is 4. The summed E-state index contributed by atoms with van der Waals surface area (Å²) in [5, 5.41) is 4.65. The molecule has 9 heteroatoms. The molecule has 7 nitrogen and oxygen atoms in total. The standard InChI is InChI=1S/C19H10ClFN4O3/c20-19-22-10-15(21)16(24-19)28-12-7-5-11(6-8-12)9-23-25-17(26)13-3-1-2-4-14(13)18(25)27/h1-10H/b23-9-. The average Bonchev–Trinajstić information content (AvgIpc) is 2.95. The van der Waals surface area contributed by atoms with Crippen LogP contribution < -0.4 is 4.74 Å². The molecule has 2 heterocycles. The molecule has 1 aliphatic rings. The second kappa shape index (κ2) is 7.16. The topological polar surface area (TPSA) is 84.8 Å². The molecule has 0 N–H and O–H groups in total. The van der Waals surface area contributed by atoms with Crippen molar-refractivity contribution in [1.82, 2.24) is 15.0 Å². The summed E-state index contributed by atoms with van der Waals surface area (Å²) in [6.07, 6.45) is 2.28. The smallest absolute Gasteiger partial charge is 0.282 e. The Balaban J connectivity index is 1.49. The van der Waals surface area contributed by atoms with Crippen LogP contribution in [0.15, 0.2) is 59.8 Å². The first-order valence-corrected chi connectivity index (χ1v) is 8.38. The first kappa shape index (κ1) is 17.7. The molecule has 3 aromatic rings. The van der Waals surface area contributed by atoms with Crippen LogP contribution >= 0.6 is 11.6 Å². The molecule has 28 heavy (non-hydrogen) atoms. The van der Waals surface area contributed by atoms with Crippen LogP contribution in [0.25, 0.3) is 0 Å². The van der Waals surface area contributed by atoms with E-state index >= 15 is 0 Å². The van der Waals surface area contributed by atoms with Crippen LogP contribution in [0.1, 0.15) is 26.3 Å². The van der Waals surface area contributed by atoms with Crippen molar-refractivity contribution < 1.29 is 18.7 Å². The van der Waals surface area contributed by atoms with Gasteiger partial charge in [-0.15, -0.1) is 0 Å². The van der Waals surface area contributed by atoms with Crippen LogP contribution in [0.5, 0.6) is 11.6 Å². The van der Waals surface area contributed by atoms with Crippen molar-refractivity contribution in [2.24, 2.45) is 5.10 Å². The van der Waals surface area contributed by atoms with Gasteiger partial charge in [-0.2, -0.15) is 19.5 Å². The van der Waals surface area contributed by atoms with Crippen molar-refractivity contribution in [3.8, 4) is 11.6 Å². The van der Waals surface area contributed by atoms with E-state index in [2.05, 4.69) is 15.1 Å². The number of hydrogen-bond donors (Lipinski definition) is 0. The maximum Gasteiger partial charge on any atom is 0.282 e. The van der Waals surface area contributed by atoms with Gasteiger partial charge < -0.3 is 4.74 Å².